The predicted molar refractivity (Wildman–Crippen MR) is 56.5 cm³/mol. The van der Waals surface area contributed by atoms with E-state index >= 15 is 0 Å². The average molecular weight is 224 g/mol. The molecule has 0 saturated heterocycles. The van der Waals surface area contributed by atoms with Crippen LogP contribution in [0.25, 0.3) is 0 Å². The van der Waals surface area contributed by atoms with Crippen LogP contribution in [0.5, 0.6) is 0 Å². The van der Waals surface area contributed by atoms with Gasteiger partial charge in [0.1, 0.15) is 6.33 Å². The molecule has 2 rings (SSSR count). The number of hydrogen-bond donors (Lipinski definition) is 1. The van der Waals surface area contributed by atoms with Crippen LogP contribution in [0.4, 0.5) is 0 Å². The van der Waals surface area contributed by atoms with Gasteiger partial charge >= 0.3 is 0 Å². The maximum absolute atomic E-state index is 3.77. The number of nitrogens with one attached hydrogen (secondary N) is 1. The molecule has 0 amide bonds. The molecular formula is C8H16N8. The second-order valence-electron chi connectivity index (χ2n) is 3.81. The lowest BCUT2D eigenvalue weighted by Gasteiger charge is -1.98. The van der Waals surface area contributed by atoms with Gasteiger partial charge in [0.25, 0.3) is 0 Å². The normalized spacial score (nSPS) is 10.4. The topological polar surface area (TPSA) is 98.1 Å². The molecule has 0 aromatic carbocycles. The number of rotatable bonds is 2. The van der Waals surface area contributed by atoms with Gasteiger partial charge in [0.2, 0.25) is 0 Å². The standard InChI is InChI=1S/2C4H8N4/c1-4(2)8-3-5-6-7-8;1-3(2)4-5-7-8-6-4/h3-4H,1-2H3;3H,1-2H3,(H,5,6,7,8). The Morgan fingerprint density at radius 3 is 2.25 bits per heavy atom. The van der Waals surface area contributed by atoms with Crippen LogP contribution in [-0.2, 0) is 0 Å². The van der Waals surface area contributed by atoms with Crippen molar-refractivity contribution in [1.29, 1.82) is 0 Å². The van der Waals surface area contributed by atoms with Crippen LogP contribution >= 0.6 is 0 Å². The van der Waals surface area contributed by atoms with Crippen molar-refractivity contribution in [3.63, 3.8) is 0 Å². The molecule has 1 N–H and O–H groups in total. The predicted octanol–water partition coefficient (Wildman–Crippen LogP) is 0.577. The van der Waals surface area contributed by atoms with Crippen molar-refractivity contribution < 1.29 is 0 Å². The summed E-state index contributed by atoms with van der Waals surface area (Å²) in [7, 11) is 0. The molecule has 0 fully saturated rings. The van der Waals surface area contributed by atoms with Crippen molar-refractivity contribution >= 4 is 0 Å². The number of aromatic amines is 1. The number of H-pyrrole nitrogens is 1. The fraction of sp³-hybridized carbons (Fsp3) is 0.750. The molecule has 2 heterocycles. The lowest BCUT2D eigenvalue weighted by Crippen LogP contribution is -2.00. The van der Waals surface area contributed by atoms with Crippen molar-refractivity contribution in [2.75, 3.05) is 0 Å². The first kappa shape index (κ1) is 12.2. The fourth-order valence-electron chi connectivity index (χ4n) is 0.819. The third kappa shape index (κ3) is 3.71. The Morgan fingerprint density at radius 1 is 1.25 bits per heavy atom. The van der Waals surface area contributed by atoms with Crippen LogP contribution in [0.1, 0.15) is 45.5 Å². The Hall–Kier alpha value is -1.86. The zero-order valence-corrected chi connectivity index (χ0v) is 9.86. The summed E-state index contributed by atoms with van der Waals surface area (Å²) in [5, 5.41) is 23.9. The van der Waals surface area contributed by atoms with Crippen molar-refractivity contribution in [2.24, 2.45) is 0 Å². The summed E-state index contributed by atoms with van der Waals surface area (Å²) in [6.07, 6.45) is 1.60. The summed E-state index contributed by atoms with van der Waals surface area (Å²) in [6.45, 7) is 8.09. The van der Waals surface area contributed by atoms with Crippen molar-refractivity contribution in [1.82, 2.24) is 40.8 Å². The van der Waals surface area contributed by atoms with Gasteiger partial charge in [0, 0.05) is 12.0 Å². The highest BCUT2D eigenvalue weighted by atomic mass is 15.5. The molecule has 2 aromatic rings. The van der Waals surface area contributed by atoms with Crippen molar-refractivity contribution in [2.45, 2.75) is 39.7 Å². The molecule has 0 bridgehead atoms. The molecule has 16 heavy (non-hydrogen) atoms. The average Bonchev–Trinajstić information content (AvgIpc) is 2.93. The van der Waals surface area contributed by atoms with Gasteiger partial charge in [-0.2, -0.15) is 5.21 Å². The summed E-state index contributed by atoms with van der Waals surface area (Å²) in [5.41, 5.74) is 0. The molecule has 0 aliphatic carbocycles. The molecule has 0 aliphatic rings. The monoisotopic (exact) mass is 224 g/mol. The lowest BCUT2D eigenvalue weighted by molar-refractivity contribution is 0.514. The molecule has 0 radical (unpaired) electrons. The number of hydrogen-bond acceptors (Lipinski definition) is 6. The summed E-state index contributed by atoms with van der Waals surface area (Å²) in [6, 6.07) is 0.366. The Balaban J connectivity index is 0.000000160. The summed E-state index contributed by atoms with van der Waals surface area (Å²) >= 11 is 0. The van der Waals surface area contributed by atoms with Crippen LogP contribution in [0.3, 0.4) is 0 Å². The molecule has 2 aromatic heterocycles. The molecule has 0 unspecified atom stereocenters. The second kappa shape index (κ2) is 5.89. The van der Waals surface area contributed by atoms with E-state index in [-0.39, 0.29) is 0 Å². The number of tetrazole rings is 2. The minimum Gasteiger partial charge on any atom is -0.230 e. The maximum Gasteiger partial charge on any atom is 0.177 e. The Labute approximate surface area is 93.4 Å². The van der Waals surface area contributed by atoms with Gasteiger partial charge in [-0.25, -0.2) is 4.68 Å². The van der Waals surface area contributed by atoms with Crippen molar-refractivity contribution in [3.05, 3.63) is 12.2 Å². The third-order valence-electron chi connectivity index (χ3n) is 1.77. The molecule has 0 atom stereocenters. The highest BCUT2D eigenvalue weighted by molar-refractivity contribution is 4.83. The first-order chi connectivity index (χ1) is 7.61. The van der Waals surface area contributed by atoms with Gasteiger partial charge in [-0.15, -0.1) is 15.3 Å². The van der Waals surface area contributed by atoms with E-state index in [0.717, 1.165) is 5.82 Å². The van der Waals surface area contributed by atoms with Crippen LogP contribution in [-0.4, -0.2) is 40.8 Å². The third-order valence-corrected chi connectivity index (χ3v) is 1.77. The molecule has 8 nitrogen and oxygen atoms in total. The summed E-state index contributed by atoms with van der Waals surface area (Å²) in [5.74, 6) is 1.14. The van der Waals surface area contributed by atoms with E-state index in [1.807, 2.05) is 27.7 Å². The molecular weight excluding hydrogens is 208 g/mol. The van der Waals surface area contributed by atoms with Crippen LogP contribution in [0.2, 0.25) is 0 Å². The number of aromatic nitrogens is 8. The van der Waals surface area contributed by atoms with Crippen LogP contribution in [0, 0.1) is 0 Å². The van der Waals surface area contributed by atoms with Gasteiger partial charge in [-0.3, -0.25) is 0 Å². The van der Waals surface area contributed by atoms with E-state index in [9.17, 15) is 0 Å². The minimum atomic E-state index is 0.366. The molecule has 8 heteroatoms. The highest BCUT2D eigenvalue weighted by Gasteiger charge is 2.00. The van der Waals surface area contributed by atoms with E-state index in [4.69, 9.17) is 0 Å². The van der Waals surface area contributed by atoms with Gasteiger partial charge < -0.3 is 0 Å². The zero-order valence-electron chi connectivity index (χ0n) is 9.86. The minimum absolute atomic E-state index is 0.366. The highest BCUT2D eigenvalue weighted by Crippen LogP contribution is 2.03. The SMILES string of the molecule is CC(C)c1nn[nH]n1.CC(C)n1cnnn1. The van der Waals surface area contributed by atoms with Crippen molar-refractivity contribution in [3.8, 4) is 0 Å². The molecule has 0 saturated carbocycles. The Bertz CT molecular complexity index is 324. The largest absolute Gasteiger partial charge is 0.230 e. The first-order valence-corrected chi connectivity index (χ1v) is 5.07. The van der Waals surface area contributed by atoms with Gasteiger partial charge in [0.15, 0.2) is 5.82 Å². The summed E-state index contributed by atoms with van der Waals surface area (Å²) in [4.78, 5) is 0. The van der Waals surface area contributed by atoms with Gasteiger partial charge in [-0.05, 0) is 24.3 Å². The molecule has 88 valence electrons. The zero-order chi connectivity index (χ0) is 12.0. The number of nitrogens with zero attached hydrogens (tertiary/aromatic N) is 7. The lowest BCUT2D eigenvalue weighted by atomic mass is 10.2. The first-order valence-electron chi connectivity index (χ1n) is 5.07. The molecule has 0 aliphatic heterocycles. The van der Waals surface area contributed by atoms with Gasteiger partial charge in [0.05, 0.1) is 0 Å². The van der Waals surface area contributed by atoms with E-state index in [0.29, 0.717) is 12.0 Å². The second-order valence-corrected chi connectivity index (χ2v) is 3.81. The summed E-state index contributed by atoms with van der Waals surface area (Å²) < 4.78 is 1.69. The maximum atomic E-state index is 3.77. The van der Waals surface area contributed by atoms with Crippen LogP contribution < -0.4 is 0 Å². The smallest absolute Gasteiger partial charge is 0.177 e. The van der Waals surface area contributed by atoms with E-state index in [2.05, 4.69) is 36.1 Å². The van der Waals surface area contributed by atoms with E-state index in [1.165, 1.54) is 0 Å². The van der Waals surface area contributed by atoms with E-state index < -0.39 is 0 Å². The Morgan fingerprint density at radius 2 is 2.00 bits per heavy atom. The van der Waals surface area contributed by atoms with E-state index in [1.54, 1.807) is 11.0 Å². The van der Waals surface area contributed by atoms with Crippen LogP contribution in [0.15, 0.2) is 6.33 Å². The van der Waals surface area contributed by atoms with Gasteiger partial charge in [-0.1, -0.05) is 19.1 Å². The molecule has 0 spiro atoms. The Kier molecular flexibility index (Phi) is 4.49. The quantitative estimate of drug-likeness (QED) is 0.801. The fourth-order valence-corrected chi connectivity index (χ4v) is 0.819.